The maximum absolute atomic E-state index is 13.7. The number of primary amides is 1. The number of H-pyrrole nitrogens is 1. The van der Waals surface area contributed by atoms with Gasteiger partial charge in [0.05, 0.1) is 0 Å². The molecule has 0 atom stereocenters. The predicted molar refractivity (Wildman–Crippen MR) is 55.3 cm³/mol. The summed E-state index contributed by atoms with van der Waals surface area (Å²) in [5, 5.41) is 8.51. The number of carbonyl (C=O) groups is 1. The molecule has 0 aliphatic heterocycles. The highest BCUT2D eigenvalue weighted by Crippen LogP contribution is 2.29. The molecule has 0 spiro atoms. The summed E-state index contributed by atoms with van der Waals surface area (Å²) < 4.78 is 26.6. The van der Waals surface area contributed by atoms with Gasteiger partial charge in [0, 0.05) is 5.56 Å². The first-order valence-corrected chi connectivity index (χ1v) is 4.74. The second-order valence-electron chi connectivity index (χ2n) is 3.11. The summed E-state index contributed by atoms with van der Waals surface area (Å²) in [4.78, 5) is 11.0. The van der Waals surface area contributed by atoms with E-state index in [0.717, 1.165) is 12.1 Å². The Morgan fingerprint density at radius 1 is 1.35 bits per heavy atom. The second-order valence-corrected chi connectivity index (χ2v) is 3.49. The zero-order valence-corrected chi connectivity index (χ0v) is 8.92. The van der Waals surface area contributed by atoms with Crippen molar-refractivity contribution in [1.82, 2.24) is 15.4 Å². The number of rotatable bonds is 2. The first-order chi connectivity index (χ1) is 8.02. The van der Waals surface area contributed by atoms with Crippen LogP contribution in [0.3, 0.4) is 0 Å². The highest BCUT2D eigenvalue weighted by Gasteiger charge is 2.21. The summed E-state index contributed by atoms with van der Waals surface area (Å²) in [6.07, 6.45) is 0. The van der Waals surface area contributed by atoms with Crippen LogP contribution >= 0.6 is 11.6 Å². The molecule has 1 aromatic heterocycles. The van der Waals surface area contributed by atoms with Gasteiger partial charge in [0.1, 0.15) is 16.5 Å². The molecular formula is C9H5ClF2N4O. The SMILES string of the molecule is NC(=O)c1n[nH]nc1-c1ccc(F)c(Cl)c1F. The van der Waals surface area contributed by atoms with Crippen molar-refractivity contribution >= 4 is 17.5 Å². The van der Waals surface area contributed by atoms with Crippen LogP contribution in [0, 0.1) is 11.6 Å². The van der Waals surface area contributed by atoms with Crippen LogP contribution < -0.4 is 5.73 Å². The van der Waals surface area contributed by atoms with E-state index in [4.69, 9.17) is 17.3 Å². The second kappa shape index (κ2) is 4.10. The number of nitrogens with one attached hydrogen (secondary N) is 1. The topological polar surface area (TPSA) is 84.7 Å². The molecule has 17 heavy (non-hydrogen) atoms. The Labute approximate surface area is 98.6 Å². The van der Waals surface area contributed by atoms with Crippen molar-refractivity contribution in [2.45, 2.75) is 0 Å². The van der Waals surface area contributed by atoms with Crippen LogP contribution in [0.15, 0.2) is 12.1 Å². The molecule has 3 N–H and O–H groups in total. The van der Waals surface area contributed by atoms with Crippen molar-refractivity contribution in [1.29, 1.82) is 0 Å². The van der Waals surface area contributed by atoms with E-state index in [-0.39, 0.29) is 17.0 Å². The predicted octanol–water partition coefficient (Wildman–Crippen LogP) is 1.50. The van der Waals surface area contributed by atoms with Gasteiger partial charge >= 0.3 is 0 Å². The molecule has 0 saturated carbocycles. The minimum atomic E-state index is -1.02. The minimum Gasteiger partial charge on any atom is -0.364 e. The Hall–Kier alpha value is -2.02. The molecule has 2 aromatic rings. The van der Waals surface area contributed by atoms with Gasteiger partial charge in [-0.25, -0.2) is 8.78 Å². The van der Waals surface area contributed by atoms with E-state index in [9.17, 15) is 13.6 Å². The lowest BCUT2D eigenvalue weighted by molar-refractivity contribution is 0.0996. The van der Waals surface area contributed by atoms with Crippen LogP contribution in [0.2, 0.25) is 5.02 Å². The monoisotopic (exact) mass is 258 g/mol. The zero-order valence-electron chi connectivity index (χ0n) is 8.17. The molecule has 1 aromatic carbocycles. The fourth-order valence-corrected chi connectivity index (χ4v) is 1.46. The average molecular weight is 259 g/mol. The molecule has 0 fully saturated rings. The molecule has 0 saturated heterocycles. The number of aromatic nitrogens is 3. The number of halogens is 3. The molecule has 1 heterocycles. The zero-order chi connectivity index (χ0) is 12.6. The molecule has 88 valence electrons. The van der Waals surface area contributed by atoms with E-state index < -0.39 is 22.6 Å². The lowest BCUT2D eigenvalue weighted by Crippen LogP contribution is -2.13. The van der Waals surface area contributed by atoms with Crippen LogP contribution in [-0.4, -0.2) is 21.3 Å². The van der Waals surface area contributed by atoms with Gasteiger partial charge in [0.15, 0.2) is 11.5 Å². The van der Waals surface area contributed by atoms with Crippen molar-refractivity contribution in [3.63, 3.8) is 0 Å². The van der Waals surface area contributed by atoms with Gasteiger partial charge in [0.2, 0.25) is 0 Å². The minimum absolute atomic E-state index is 0.114. The van der Waals surface area contributed by atoms with Gasteiger partial charge in [-0.2, -0.15) is 15.4 Å². The third-order valence-corrected chi connectivity index (χ3v) is 2.42. The third-order valence-electron chi connectivity index (χ3n) is 2.07. The number of carbonyl (C=O) groups excluding carboxylic acids is 1. The van der Waals surface area contributed by atoms with E-state index in [2.05, 4.69) is 15.4 Å². The van der Waals surface area contributed by atoms with Gasteiger partial charge in [0.25, 0.3) is 5.91 Å². The molecule has 2 rings (SSSR count). The number of hydrogen-bond donors (Lipinski definition) is 2. The van der Waals surface area contributed by atoms with E-state index in [1.807, 2.05) is 0 Å². The van der Waals surface area contributed by atoms with Crippen molar-refractivity contribution in [2.75, 3.05) is 0 Å². The van der Waals surface area contributed by atoms with Crippen molar-refractivity contribution in [2.24, 2.45) is 5.73 Å². The Morgan fingerprint density at radius 3 is 2.71 bits per heavy atom. The fourth-order valence-electron chi connectivity index (χ4n) is 1.30. The Balaban J connectivity index is 2.65. The van der Waals surface area contributed by atoms with Gasteiger partial charge < -0.3 is 5.73 Å². The molecule has 0 aliphatic rings. The van der Waals surface area contributed by atoms with E-state index >= 15 is 0 Å². The van der Waals surface area contributed by atoms with Crippen LogP contribution in [0.4, 0.5) is 8.78 Å². The molecule has 0 aliphatic carbocycles. The summed E-state index contributed by atoms with van der Waals surface area (Å²) in [6.45, 7) is 0. The van der Waals surface area contributed by atoms with E-state index in [0.29, 0.717) is 0 Å². The van der Waals surface area contributed by atoms with Crippen molar-refractivity contribution in [3.05, 3.63) is 34.5 Å². The normalized spacial score (nSPS) is 10.5. The molecular weight excluding hydrogens is 254 g/mol. The van der Waals surface area contributed by atoms with Crippen LogP contribution in [-0.2, 0) is 0 Å². The Kier molecular flexibility index (Phi) is 2.76. The maximum atomic E-state index is 13.7. The lowest BCUT2D eigenvalue weighted by atomic mass is 10.1. The van der Waals surface area contributed by atoms with Gasteiger partial charge in [-0.05, 0) is 12.1 Å². The molecule has 1 amide bonds. The highest BCUT2D eigenvalue weighted by molar-refractivity contribution is 6.31. The standard InChI is InChI=1S/C9H5ClF2N4O/c10-5-4(11)2-1-3(6(5)12)7-8(9(13)17)15-16-14-7/h1-2H,(H2,13,17)(H,14,15,16). The Bertz CT molecular complexity index is 599. The van der Waals surface area contributed by atoms with E-state index in [1.54, 1.807) is 0 Å². The first-order valence-electron chi connectivity index (χ1n) is 4.36. The van der Waals surface area contributed by atoms with Crippen LogP contribution in [0.25, 0.3) is 11.3 Å². The summed E-state index contributed by atoms with van der Waals surface area (Å²) >= 11 is 5.41. The number of benzene rings is 1. The highest BCUT2D eigenvalue weighted by atomic mass is 35.5. The molecule has 0 bridgehead atoms. The smallest absolute Gasteiger partial charge is 0.271 e. The molecule has 8 heteroatoms. The quantitative estimate of drug-likeness (QED) is 0.801. The largest absolute Gasteiger partial charge is 0.364 e. The molecule has 0 unspecified atom stereocenters. The van der Waals surface area contributed by atoms with Crippen LogP contribution in [0.5, 0.6) is 0 Å². The lowest BCUT2D eigenvalue weighted by Gasteiger charge is -2.02. The summed E-state index contributed by atoms with van der Waals surface area (Å²) in [5.41, 5.74) is 4.51. The average Bonchev–Trinajstić information content (AvgIpc) is 2.75. The third kappa shape index (κ3) is 1.84. The maximum Gasteiger partial charge on any atom is 0.271 e. The fraction of sp³-hybridized carbons (Fsp3) is 0. The number of nitrogens with zero attached hydrogens (tertiary/aromatic N) is 2. The Morgan fingerprint density at radius 2 is 2.06 bits per heavy atom. The van der Waals surface area contributed by atoms with Gasteiger partial charge in [-0.3, -0.25) is 4.79 Å². The number of nitrogens with two attached hydrogens (primary N) is 1. The van der Waals surface area contributed by atoms with Crippen molar-refractivity contribution in [3.8, 4) is 11.3 Å². The van der Waals surface area contributed by atoms with E-state index in [1.165, 1.54) is 0 Å². The number of hydrogen-bond acceptors (Lipinski definition) is 3. The number of aromatic amines is 1. The molecule has 0 radical (unpaired) electrons. The van der Waals surface area contributed by atoms with Gasteiger partial charge in [-0.1, -0.05) is 11.6 Å². The van der Waals surface area contributed by atoms with Gasteiger partial charge in [-0.15, -0.1) is 0 Å². The summed E-state index contributed by atoms with van der Waals surface area (Å²) in [5.74, 6) is -2.81. The van der Waals surface area contributed by atoms with Crippen LogP contribution in [0.1, 0.15) is 10.5 Å². The van der Waals surface area contributed by atoms with Crippen molar-refractivity contribution < 1.29 is 13.6 Å². The summed E-state index contributed by atoms with van der Waals surface area (Å²) in [6, 6.07) is 2.06. The number of amides is 1. The molecule has 5 nitrogen and oxygen atoms in total. The summed E-state index contributed by atoms with van der Waals surface area (Å²) in [7, 11) is 0. The first kappa shape index (κ1) is 11.5.